The van der Waals surface area contributed by atoms with E-state index in [1.165, 1.54) is 11.8 Å². The normalized spacial score (nSPS) is 21.5. The molecule has 1 amide bonds. The summed E-state index contributed by atoms with van der Waals surface area (Å²) in [5, 5.41) is 9.43. The molecule has 1 aliphatic heterocycles. The van der Waals surface area contributed by atoms with Crippen molar-refractivity contribution in [2.24, 2.45) is 11.8 Å². The van der Waals surface area contributed by atoms with Gasteiger partial charge in [-0.3, -0.25) is 9.59 Å². The zero-order valence-electron chi connectivity index (χ0n) is 14.0. The molecule has 0 radical (unpaired) electrons. The molecule has 1 heterocycles. The predicted octanol–water partition coefficient (Wildman–Crippen LogP) is 2.45. The first-order valence-electron chi connectivity index (χ1n) is 8.09. The number of carboxylic acid groups (broad SMARTS) is 1. The van der Waals surface area contributed by atoms with Crippen LogP contribution in [-0.2, 0) is 20.8 Å². The van der Waals surface area contributed by atoms with Crippen LogP contribution in [0.2, 0.25) is 0 Å². The molecule has 1 aromatic carbocycles. The predicted molar refractivity (Wildman–Crippen MR) is 93.7 cm³/mol. The highest BCUT2D eigenvalue weighted by atomic mass is 32.2. The number of carboxylic acids is 1. The number of carbonyl (C=O) groups excluding carboxylic acids is 2. The number of thioether (sulfide) groups is 1. The lowest BCUT2D eigenvalue weighted by Crippen LogP contribution is -2.43. The summed E-state index contributed by atoms with van der Waals surface area (Å²) >= 11 is 1.11. The summed E-state index contributed by atoms with van der Waals surface area (Å²) in [6, 6.07) is 9.14. The number of hydrogen-bond acceptors (Lipinski definition) is 4. The lowest BCUT2D eigenvalue weighted by atomic mass is 9.97. The van der Waals surface area contributed by atoms with Crippen molar-refractivity contribution in [1.29, 1.82) is 0 Å². The molecule has 1 fully saturated rings. The zero-order chi connectivity index (χ0) is 17.7. The van der Waals surface area contributed by atoms with Gasteiger partial charge in [0, 0.05) is 25.1 Å². The van der Waals surface area contributed by atoms with Gasteiger partial charge < -0.3 is 10.0 Å². The standard InChI is InChI=1S/C18H23NO4S/c1-12(11-24-13(2)20)17(21)19-10-15(9-16(19)18(22)23)8-14-6-4-3-5-7-14/h3-7,12,15-16H,8-11H2,1-2H3,(H,22,23)/t12?,15?,16-/m0/s1. The van der Waals surface area contributed by atoms with Crippen molar-refractivity contribution in [3.8, 4) is 0 Å². The Morgan fingerprint density at radius 3 is 2.54 bits per heavy atom. The highest BCUT2D eigenvalue weighted by Gasteiger charge is 2.40. The number of likely N-dealkylation sites (tertiary alicyclic amines) is 1. The largest absolute Gasteiger partial charge is 0.480 e. The number of aliphatic carboxylic acids is 1. The molecule has 1 saturated heterocycles. The van der Waals surface area contributed by atoms with Crippen LogP contribution in [0.3, 0.4) is 0 Å². The zero-order valence-corrected chi connectivity index (χ0v) is 14.8. The van der Waals surface area contributed by atoms with Crippen LogP contribution in [0.1, 0.15) is 25.8 Å². The van der Waals surface area contributed by atoms with Gasteiger partial charge in [-0.15, -0.1) is 0 Å². The van der Waals surface area contributed by atoms with Crippen molar-refractivity contribution >= 4 is 28.8 Å². The van der Waals surface area contributed by atoms with E-state index in [2.05, 4.69) is 0 Å². The molecular formula is C18H23NO4S. The molecular weight excluding hydrogens is 326 g/mol. The van der Waals surface area contributed by atoms with Crippen molar-refractivity contribution in [1.82, 2.24) is 4.90 Å². The van der Waals surface area contributed by atoms with Gasteiger partial charge in [-0.25, -0.2) is 4.79 Å². The first-order valence-corrected chi connectivity index (χ1v) is 9.07. The maximum absolute atomic E-state index is 12.6. The Morgan fingerprint density at radius 2 is 1.96 bits per heavy atom. The van der Waals surface area contributed by atoms with E-state index < -0.39 is 12.0 Å². The lowest BCUT2D eigenvalue weighted by molar-refractivity contribution is -0.149. The highest BCUT2D eigenvalue weighted by Crippen LogP contribution is 2.28. The second-order valence-corrected chi connectivity index (χ2v) is 7.54. The van der Waals surface area contributed by atoms with E-state index in [0.717, 1.165) is 23.7 Å². The van der Waals surface area contributed by atoms with Crippen LogP contribution in [0.25, 0.3) is 0 Å². The first-order chi connectivity index (χ1) is 11.4. The molecule has 0 aromatic heterocycles. The van der Waals surface area contributed by atoms with Crippen LogP contribution >= 0.6 is 11.8 Å². The molecule has 1 aliphatic rings. The number of carbonyl (C=O) groups is 3. The van der Waals surface area contributed by atoms with Gasteiger partial charge in [0.05, 0.1) is 0 Å². The second kappa shape index (κ2) is 8.33. The van der Waals surface area contributed by atoms with Gasteiger partial charge in [-0.05, 0) is 24.3 Å². The smallest absolute Gasteiger partial charge is 0.326 e. The van der Waals surface area contributed by atoms with E-state index in [0.29, 0.717) is 18.7 Å². The Labute approximate surface area is 146 Å². The molecule has 1 aromatic rings. The maximum atomic E-state index is 12.6. The summed E-state index contributed by atoms with van der Waals surface area (Å²) in [5.74, 6) is -0.959. The monoisotopic (exact) mass is 349 g/mol. The summed E-state index contributed by atoms with van der Waals surface area (Å²) in [7, 11) is 0. The average molecular weight is 349 g/mol. The Kier molecular flexibility index (Phi) is 6.43. The first kappa shape index (κ1) is 18.5. The van der Waals surface area contributed by atoms with Gasteiger partial charge in [0.2, 0.25) is 5.91 Å². The van der Waals surface area contributed by atoms with E-state index >= 15 is 0 Å². The van der Waals surface area contributed by atoms with E-state index in [1.54, 1.807) is 6.92 Å². The van der Waals surface area contributed by atoms with Crippen LogP contribution in [0.5, 0.6) is 0 Å². The van der Waals surface area contributed by atoms with Crippen LogP contribution in [0, 0.1) is 11.8 Å². The van der Waals surface area contributed by atoms with Crippen LogP contribution in [0.15, 0.2) is 30.3 Å². The molecule has 2 unspecified atom stereocenters. The number of nitrogens with zero attached hydrogens (tertiary/aromatic N) is 1. The number of rotatable bonds is 6. The number of benzene rings is 1. The Bertz CT molecular complexity index is 604. The minimum atomic E-state index is -0.953. The minimum absolute atomic E-state index is 0.0344. The summed E-state index contributed by atoms with van der Waals surface area (Å²) < 4.78 is 0. The SMILES string of the molecule is CC(=O)SCC(C)C(=O)N1CC(Cc2ccccc2)C[C@H]1C(=O)O. The third-order valence-corrected chi connectivity index (χ3v) is 5.35. The van der Waals surface area contributed by atoms with Crippen molar-refractivity contribution in [3.63, 3.8) is 0 Å². The quantitative estimate of drug-likeness (QED) is 0.854. The molecule has 24 heavy (non-hydrogen) atoms. The van der Waals surface area contributed by atoms with E-state index in [4.69, 9.17) is 0 Å². The summed E-state index contributed by atoms with van der Waals surface area (Å²) in [4.78, 5) is 36.7. The van der Waals surface area contributed by atoms with Crippen molar-refractivity contribution in [3.05, 3.63) is 35.9 Å². The summed E-state index contributed by atoms with van der Waals surface area (Å²) in [6.45, 7) is 3.68. The van der Waals surface area contributed by atoms with E-state index in [1.807, 2.05) is 30.3 Å². The molecule has 0 aliphatic carbocycles. The molecule has 0 spiro atoms. The Balaban J connectivity index is 2.03. The topological polar surface area (TPSA) is 74.7 Å². The summed E-state index contributed by atoms with van der Waals surface area (Å²) in [6.07, 6.45) is 1.24. The Hall–Kier alpha value is -1.82. The molecule has 2 rings (SSSR count). The fraction of sp³-hybridized carbons (Fsp3) is 0.500. The van der Waals surface area contributed by atoms with Crippen molar-refractivity contribution < 1.29 is 19.5 Å². The fourth-order valence-corrected chi connectivity index (χ4v) is 3.72. The van der Waals surface area contributed by atoms with Gasteiger partial charge in [-0.1, -0.05) is 49.0 Å². The lowest BCUT2D eigenvalue weighted by Gasteiger charge is -2.24. The van der Waals surface area contributed by atoms with E-state index in [9.17, 15) is 19.5 Å². The third-order valence-electron chi connectivity index (χ3n) is 4.28. The van der Waals surface area contributed by atoms with Crippen LogP contribution in [-0.4, -0.2) is 45.3 Å². The fourth-order valence-electron chi connectivity index (χ4n) is 3.09. The van der Waals surface area contributed by atoms with Crippen molar-refractivity contribution in [2.45, 2.75) is 32.7 Å². The average Bonchev–Trinajstić information content (AvgIpc) is 2.96. The van der Waals surface area contributed by atoms with Gasteiger partial charge in [0.25, 0.3) is 0 Å². The second-order valence-electron chi connectivity index (χ2n) is 6.34. The number of hydrogen-bond donors (Lipinski definition) is 1. The third kappa shape index (κ3) is 4.84. The highest BCUT2D eigenvalue weighted by molar-refractivity contribution is 8.13. The Morgan fingerprint density at radius 1 is 1.29 bits per heavy atom. The van der Waals surface area contributed by atoms with Gasteiger partial charge >= 0.3 is 5.97 Å². The maximum Gasteiger partial charge on any atom is 0.326 e. The van der Waals surface area contributed by atoms with E-state index in [-0.39, 0.29) is 22.9 Å². The molecule has 0 saturated carbocycles. The van der Waals surface area contributed by atoms with Gasteiger partial charge in [0.15, 0.2) is 5.12 Å². The van der Waals surface area contributed by atoms with Gasteiger partial charge in [-0.2, -0.15) is 0 Å². The molecule has 5 nitrogen and oxygen atoms in total. The molecule has 3 atom stereocenters. The van der Waals surface area contributed by atoms with Crippen molar-refractivity contribution in [2.75, 3.05) is 12.3 Å². The minimum Gasteiger partial charge on any atom is -0.480 e. The molecule has 6 heteroatoms. The molecule has 1 N–H and O–H groups in total. The molecule has 0 bridgehead atoms. The molecule has 130 valence electrons. The van der Waals surface area contributed by atoms with Crippen LogP contribution in [0.4, 0.5) is 0 Å². The van der Waals surface area contributed by atoms with Crippen LogP contribution < -0.4 is 0 Å². The van der Waals surface area contributed by atoms with Gasteiger partial charge in [0.1, 0.15) is 6.04 Å². The summed E-state index contributed by atoms with van der Waals surface area (Å²) in [5.41, 5.74) is 1.15. The number of amides is 1.